The van der Waals surface area contributed by atoms with E-state index in [1.807, 2.05) is 44.1 Å². The Balaban J connectivity index is 1.60. The third-order valence-electron chi connectivity index (χ3n) is 6.18. The van der Waals surface area contributed by atoms with Crippen LogP contribution < -0.4 is 4.74 Å². The van der Waals surface area contributed by atoms with Crippen molar-refractivity contribution in [3.05, 3.63) is 101 Å². The van der Waals surface area contributed by atoms with Crippen LogP contribution in [0.5, 0.6) is 5.75 Å². The van der Waals surface area contributed by atoms with Crippen LogP contribution in [0.2, 0.25) is 0 Å². The van der Waals surface area contributed by atoms with Crippen molar-refractivity contribution >= 4 is 17.4 Å². The Labute approximate surface area is 211 Å². The minimum Gasteiger partial charge on any atom is -0.507 e. The molecule has 3 aromatic rings. The van der Waals surface area contributed by atoms with Crippen LogP contribution in [0.15, 0.2) is 78.6 Å². The molecule has 36 heavy (non-hydrogen) atoms. The van der Waals surface area contributed by atoms with Crippen LogP contribution in [-0.2, 0) is 16.2 Å². The number of ether oxygens (including phenoxy) is 1. The quantitative estimate of drug-likeness (QED) is 0.276. The molecule has 1 aliphatic heterocycles. The van der Waals surface area contributed by atoms with Crippen LogP contribution in [0.4, 0.5) is 0 Å². The van der Waals surface area contributed by atoms with Gasteiger partial charge in [-0.1, -0.05) is 29.8 Å². The number of hydrogen-bond donors (Lipinski definition) is 1. The SMILES string of the molecule is Cc1cccc(COc2ccc(/C(O)=C3\C(=O)C(=O)N(CCCN(C)C)[C@H]3c3ccncc3)cc2)c1. The molecule has 0 bridgehead atoms. The van der Waals surface area contributed by atoms with Gasteiger partial charge < -0.3 is 19.6 Å². The number of aliphatic hydroxyl groups is 1. The van der Waals surface area contributed by atoms with Crippen molar-refractivity contribution in [1.82, 2.24) is 14.8 Å². The number of carbonyl (C=O) groups excluding carboxylic acids is 2. The number of hydrogen-bond acceptors (Lipinski definition) is 6. The van der Waals surface area contributed by atoms with Crippen molar-refractivity contribution in [3.8, 4) is 5.75 Å². The van der Waals surface area contributed by atoms with Gasteiger partial charge in [-0.2, -0.15) is 0 Å². The fourth-order valence-electron chi connectivity index (χ4n) is 4.39. The molecule has 2 aromatic carbocycles. The van der Waals surface area contributed by atoms with Gasteiger partial charge in [-0.3, -0.25) is 14.6 Å². The van der Waals surface area contributed by atoms with Gasteiger partial charge in [-0.05, 0) is 81.5 Å². The highest BCUT2D eigenvalue weighted by atomic mass is 16.5. The normalized spacial score (nSPS) is 17.1. The molecule has 0 radical (unpaired) electrons. The molecule has 7 nitrogen and oxygen atoms in total. The lowest BCUT2D eigenvalue weighted by Crippen LogP contribution is -2.32. The van der Waals surface area contributed by atoms with E-state index in [9.17, 15) is 14.7 Å². The van der Waals surface area contributed by atoms with E-state index in [1.165, 1.54) is 5.56 Å². The van der Waals surface area contributed by atoms with Crippen molar-refractivity contribution in [3.63, 3.8) is 0 Å². The van der Waals surface area contributed by atoms with Gasteiger partial charge in [0.05, 0.1) is 11.6 Å². The van der Waals surface area contributed by atoms with E-state index in [-0.39, 0.29) is 11.3 Å². The molecule has 1 atom stereocenters. The second-order valence-corrected chi connectivity index (χ2v) is 9.23. The van der Waals surface area contributed by atoms with E-state index in [0.29, 0.717) is 30.9 Å². The molecule has 1 N–H and O–H groups in total. The fraction of sp³-hybridized carbons (Fsp3) is 0.276. The smallest absolute Gasteiger partial charge is 0.295 e. The first-order chi connectivity index (χ1) is 17.3. The van der Waals surface area contributed by atoms with E-state index in [4.69, 9.17) is 4.74 Å². The Morgan fingerprint density at radius 3 is 2.44 bits per heavy atom. The summed E-state index contributed by atoms with van der Waals surface area (Å²) in [6.45, 7) is 3.63. The zero-order valence-corrected chi connectivity index (χ0v) is 20.8. The topological polar surface area (TPSA) is 83.0 Å². The molecule has 4 rings (SSSR count). The molecular weight excluding hydrogens is 454 g/mol. The Bertz CT molecular complexity index is 1250. The van der Waals surface area contributed by atoms with E-state index in [2.05, 4.69) is 11.1 Å². The summed E-state index contributed by atoms with van der Waals surface area (Å²) in [7, 11) is 3.92. The highest BCUT2D eigenvalue weighted by molar-refractivity contribution is 6.46. The fourth-order valence-corrected chi connectivity index (χ4v) is 4.39. The Morgan fingerprint density at radius 2 is 1.78 bits per heavy atom. The molecule has 1 saturated heterocycles. The molecular formula is C29H31N3O4. The molecule has 0 unspecified atom stereocenters. The summed E-state index contributed by atoms with van der Waals surface area (Å²) in [4.78, 5) is 33.7. The maximum atomic E-state index is 13.1. The van der Waals surface area contributed by atoms with Crippen LogP contribution in [0.25, 0.3) is 5.76 Å². The number of rotatable bonds is 9. The average molecular weight is 486 g/mol. The van der Waals surface area contributed by atoms with Crippen LogP contribution in [0.3, 0.4) is 0 Å². The number of amides is 1. The number of aliphatic hydroxyl groups excluding tert-OH is 1. The van der Waals surface area contributed by atoms with Gasteiger partial charge in [-0.25, -0.2) is 0 Å². The number of likely N-dealkylation sites (tertiary alicyclic amines) is 1. The summed E-state index contributed by atoms with van der Waals surface area (Å²) in [5.74, 6) is -0.840. The highest BCUT2D eigenvalue weighted by Gasteiger charge is 2.45. The minimum atomic E-state index is -0.682. The van der Waals surface area contributed by atoms with E-state index < -0.39 is 17.7 Å². The molecule has 1 aromatic heterocycles. The summed E-state index contributed by atoms with van der Waals surface area (Å²) >= 11 is 0. The summed E-state index contributed by atoms with van der Waals surface area (Å²) in [5.41, 5.74) is 3.49. The van der Waals surface area contributed by atoms with Crippen molar-refractivity contribution in [2.45, 2.75) is 26.0 Å². The van der Waals surface area contributed by atoms with Crippen molar-refractivity contribution < 1.29 is 19.4 Å². The summed E-state index contributed by atoms with van der Waals surface area (Å²) in [5, 5.41) is 11.2. The molecule has 1 amide bonds. The van der Waals surface area contributed by atoms with Gasteiger partial charge in [0.15, 0.2) is 0 Å². The summed E-state index contributed by atoms with van der Waals surface area (Å²) in [6, 6.07) is 17.9. The highest BCUT2D eigenvalue weighted by Crippen LogP contribution is 2.39. The lowest BCUT2D eigenvalue weighted by atomic mass is 9.96. The average Bonchev–Trinajstić information content (AvgIpc) is 3.13. The number of Topliss-reactive ketones (excluding diaryl/α,β-unsaturated/α-hetero) is 1. The van der Waals surface area contributed by atoms with Gasteiger partial charge in [0, 0.05) is 24.5 Å². The monoisotopic (exact) mass is 485 g/mol. The predicted molar refractivity (Wildman–Crippen MR) is 138 cm³/mol. The number of benzene rings is 2. The number of aryl methyl sites for hydroxylation is 1. The van der Waals surface area contributed by atoms with Crippen LogP contribution in [0.1, 0.15) is 34.7 Å². The van der Waals surface area contributed by atoms with Gasteiger partial charge in [0.2, 0.25) is 0 Å². The molecule has 0 spiro atoms. The van der Waals surface area contributed by atoms with Crippen molar-refractivity contribution in [1.29, 1.82) is 0 Å². The molecule has 186 valence electrons. The zero-order chi connectivity index (χ0) is 25.7. The molecule has 0 aliphatic carbocycles. The zero-order valence-electron chi connectivity index (χ0n) is 20.8. The first-order valence-electron chi connectivity index (χ1n) is 12.0. The first-order valence-corrected chi connectivity index (χ1v) is 12.0. The number of carbonyl (C=O) groups is 2. The van der Waals surface area contributed by atoms with E-state index in [1.54, 1.807) is 53.7 Å². The molecule has 7 heteroatoms. The van der Waals surface area contributed by atoms with Gasteiger partial charge in [-0.15, -0.1) is 0 Å². The standard InChI is InChI=1S/C29H31N3O4/c1-20-6-4-7-21(18-20)19-36-24-10-8-23(9-11-24)27(33)25-26(22-12-14-30-15-13-22)32(29(35)28(25)34)17-5-16-31(2)3/h4,6-15,18,26,33H,5,16-17,19H2,1-3H3/b27-25+/t26-/m0/s1. The van der Waals surface area contributed by atoms with Gasteiger partial charge in [0.25, 0.3) is 11.7 Å². The van der Waals surface area contributed by atoms with E-state index in [0.717, 1.165) is 17.7 Å². The molecule has 1 fully saturated rings. The maximum absolute atomic E-state index is 13.1. The lowest BCUT2D eigenvalue weighted by Gasteiger charge is -2.25. The Hall–Kier alpha value is -3.97. The van der Waals surface area contributed by atoms with Crippen molar-refractivity contribution in [2.75, 3.05) is 27.2 Å². The lowest BCUT2D eigenvalue weighted by molar-refractivity contribution is -0.139. The minimum absolute atomic E-state index is 0.0875. The predicted octanol–water partition coefficient (Wildman–Crippen LogP) is 4.34. The van der Waals surface area contributed by atoms with Crippen LogP contribution in [0, 0.1) is 6.92 Å². The maximum Gasteiger partial charge on any atom is 0.295 e. The second-order valence-electron chi connectivity index (χ2n) is 9.23. The second kappa shape index (κ2) is 11.2. The summed E-state index contributed by atoms with van der Waals surface area (Å²) in [6.07, 6.45) is 3.94. The van der Waals surface area contributed by atoms with Gasteiger partial charge in [0.1, 0.15) is 18.1 Å². The van der Waals surface area contributed by atoms with Crippen LogP contribution in [-0.4, -0.2) is 58.8 Å². The van der Waals surface area contributed by atoms with Gasteiger partial charge >= 0.3 is 0 Å². The van der Waals surface area contributed by atoms with Crippen LogP contribution >= 0.6 is 0 Å². The molecule has 0 saturated carbocycles. The molecule has 2 heterocycles. The Kier molecular flexibility index (Phi) is 7.80. The first kappa shape index (κ1) is 25.1. The van der Waals surface area contributed by atoms with E-state index >= 15 is 0 Å². The number of ketones is 1. The Morgan fingerprint density at radius 1 is 1.06 bits per heavy atom. The number of nitrogens with zero attached hydrogens (tertiary/aromatic N) is 3. The number of aromatic nitrogens is 1. The number of pyridine rings is 1. The third kappa shape index (κ3) is 5.63. The third-order valence-corrected chi connectivity index (χ3v) is 6.18. The largest absolute Gasteiger partial charge is 0.507 e. The summed E-state index contributed by atoms with van der Waals surface area (Å²) < 4.78 is 5.88. The molecule has 1 aliphatic rings. The van der Waals surface area contributed by atoms with Crippen molar-refractivity contribution in [2.24, 2.45) is 0 Å².